The Kier molecular flexibility index (Phi) is 6.31. The molecule has 1 N–H and O–H groups in total. The molecule has 0 saturated carbocycles. The maximum Gasteiger partial charge on any atom is 0.251 e. The minimum Gasteiger partial charge on any atom is -0.363 e. The number of nitrogens with zero attached hydrogens (tertiary/aromatic N) is 3. The van der Waals surface area contributed by atoms with Crippen molar-refractivity contribution >= 4 is 35.8 Å². The van der Waals surface area contributed by atoms with Gasteiger partial charge in [-0.2, -0.15) is 0 Å². The first-order valence-electron chi connectivity index (χ1n) is 6.44. The van der Waals surface area contributed by atoms with Gasteiger partial charge in [0.15, 0.2) is 5.96 Å². The van der Waals surface area contributed by atoms with E-state index in [2.05, 4.69) is 15.2 Å². The molecule has 110 valence electrons. The lowest BCUT2D eigenvalue weighted by molar-refractivity contribution is -0.140. The second kappa shape index (κ2) is 7.28. The number of hydrogen-bond acceptors (Lipinski definition) is 5. The van der Waals surface area contributed by atoms with Gasteiger partial charge in [0, 0.05) is 34.2 Å². The topological polar surface area (TPSA) is 57.2 Å². The van der Waals surface area contributed by atoms with Crippen LogP contribution in [0, 0.1) is 0 Å². The maximum atomic E-state index is 11.8. The number of carbonyl (C=O) groups is 1. The second-order valence-corrected chi connectivity index (χ2v) is 5.06. The molecular formula is C12H23IN4O2. The number of likely N-dealkylation sites (N-methyl/N-ethyl adjacent to an activating group) is 2. The van der Waals surface area contributed by atoms with Gasteiger partial charge < -0.3 is 19.9 Å². The van der Waals surface area contributed by atoms with E-state index in [1.54, 1.807) is 19.0 Å². The Bertz CT molecular complexity index is 349. The molecular weight excluding hydrogens is 359 g/mol. The van der Waals surface area contributed by atoms with Crippen molar-refractivity contribution in [1.29, 1.82) is 0 Å². The lowest BCUT2D eigenvalue weighted by Crippen LogP contribution is -2.40. The third kappa shape index (κ3) is 4.20. The summed E-state index contributed by atoms with van der Waals surface area (Å²) in [4.78, 5) is 19.8. The van der Waals surface area contributed by atoms with E-state index in [-0.39, 0.29) is 42.1 Å². The van der Waals surface area contributed by atoms with Crippen molar-refractivity contribution in [3.63, 3.8) is 0 Å². The molecule has 2 aliphatic rings. The molecule has 19 heavy (non-hydrogen) atoms. The van der Waals surface area contributed by atoms with Gasteiger partial charge in [-0.05, 0) is 12.8 Å². The second-order valence-electron chi connectivity index (χ2n) is 5.06. The Morgan fingerprint density at radius 1 is 1.53 bits per heavy atom. The highest BCUT2D eigenvalue weighted by atomic mass is 127. The molecule has 2 atom stereocenters. The van der Waals surface area contributed by atoms with Crippen LogP contribution < -0.4 is 5.32 Å². The summed E-state index contributed by atoms with van der Waals surface area (Å²) in [5.41, 5.74) is 0. The Morgan fingerprint density at radius 2 is 2.26 bits per heavy atom. The molecule has 2 heterocycles. The molecule has 1 saturated heterocycles. The van der Waals surface area contributed by atoms with E-state index in [9.17, 15) is 4.79 Å². The Morgan fingerprint density at radius 3 is 2.84 bits per heavy atom. The van der Waals surface area contributed by atoms with Crippen molar-refractivity contribution in [3.05, 3.63) is 0 Å². The van der Waals surface area contributed by atoms with Gasteiger partial charge in [0.1, 0.15) is 6.10 Å². The first-order chi connectivity index (χ1) is 8.58. The number of hydrogen-bond donors (Lipinski definition) is 1. The quantitative estimate of drug-likeness (QED) is 0.706. The van der Waals surface area contributed by atoms with Gasteiger partial charge in [0.05, 0.1) is 12.6 Å². The third-order valence-corrected chi connectivity index (χ3v) is 3.37. The summed E-state index contributed by atoms with van der Waals surface area (Å²) in [5.74, 6) is 0.994. The van der Waals surface area contributed by atoms with Gasteiger partial charge in [-0.1, -0.05) is 0 Å². The number of nitrogens with one attached hydrogen (secondary N) is 1. The minimum atomic E-state index is -0.268. The number of rotatable bonds is 3. The predicted molar refractivity (Wildman–Crippen MR) is 84.9 cm³/mol. The van der Waals surface area contributed by atoms with E-state index < -0.39 is 0 Å². The van der Waals surface area contributed by atoms with Crippen LogP contribution in [0.25, 0.3) is 0 Å². The molecule has 0 aromatic carbocycles. The van der Waals surface area contributed by atoms with E-state index in [1.807, 2.05) is 7.05 Å². The van der Waals surface area contributed by atoms with E-state index in [4.69, 9.17) is 4.74 Å². The predicted octanol–water partition coefficient (Wildman–Crippen LogP) is 0.131. The lowest BCUT2D eigenvalue weighted by atomic mass is 10.2. The molecule has 2 rings (SSSR count). The molecule has 1 amide bonds. The van der Waals surface area contributed by atoms with Crippen molar-refractivity contribution in [3.8, 4) is 0 Å². The summed E-state index contributed by atoms with van der Waals surface area (Å²) < 4.78 is 5.75. The maximum absolute atomic E-state index is 11.8. The van der Waals surface area contributed by atoms with E-state index in [0.29, 0.717) is 0 Å². The minimum absolute atomic E-state index is 0. The normalized spacial score (nSPS) is 25.8. The van der Waals surface area contributed by atoms with Gasteiger partial charge in [0.25, 0.3) is 5.91 Å². The fraction of sp³-hybridized carbons (Fsp3) is 0.833. The molecule has 0 aliphatic carbocycles. The van der Waals surface area contributed by atoms with Crippen LogP contribution in [0.1, 0.15) is 12.8 Å². The molecule has 0 spiro atoms. The molecule has 2 aliphatic heterocycles. The van der Waals surface area contributed by atoms with Crippen LogP contribution in [0.2, 0.25) is 0 Å². The van der Waals surface area contributed by atoms with Crippen LogP contribution in [0.4, 0.5) is 0 Å². The Labute approximate surface area is 131 Å². The third-order valence-electron chi connectivity index (χ3n) is 3.37. The first kappa shape index (κ1) is 16.5. The van der Waals surface area contributed by atoms with Crippen molar-refractivity contribution < 1.29 is 9.53 Å². The molecule has 7 heteroatoms. The molecule has 0 aromatic heterocycles. The number of halogens is 1. The van der Waals surface area contributed by atoms with Crippen molar-refractivity contribution in [2.45, 2.75) is 25.0 Å². The molecule has 0 radical (unpaired) electrons. The standard InChI is InChI=1S/C12H22N4O2.HI/c1-15(2)11(17)10-5-4-9(18-10)8-14-12-13-6-7-16(12)3;/h9-10H,4-8H2,1-3H3,(H,13,14);1H. The fourth-order valence-electron chi connectivity index (χ4n) is 2.25. The monoisotopic (exact) mass is 382 g/mol. The van der Waals surface area contributed by atoms with Gasteiger partial charge in [-0.25, -0.2) is 0 Å². The van der Waals surface area contributed by atoms with Crippen LogP contribution >= 0.6 is 24.0 Å². The largest absolute Gasteiger partial charge is 0.363 e. The highest BCUT2D eigenvalue weighted by Gasteiger charge is 2.31. The van der Waals surface area contributed by atoms with E-state index in [0.717, 1.165) is 38.4 Å². The van der Waals surface area contributed by atoms with Gasteiger partial charge in [-0.3, -0.25) is 9.79 Å². The van der Waals surface area contributed by atoms with Crippen LogP contribution in [0.5, 0.6) is 0 Å². The van der Waals surface area contributed by atoms with Crippen molar-refractivity contribution in [2.24, 2.45) is 4.99 Å². The summed E-state index contributed by atoms with van der Waals surface area (Å²) in [7, 11) is 5.55. The summed E-state index contributed by atoms with van der Waals surface area (Å²) in [6.07, 6.45) is 1.57. The number of carbonyl (C=O) groups excluding carboxylic acids is 1. The zero-order valence-electron chi connectivity index (χ0n) is 11.8. The highest BCUT2D eigenvalue weighted by molar-refractivity contribution is 14.0. The molecule has 2 unspecified atom stereocenters. The van der Waals surface area contributed by atoms with Crippen LogP contribution in [-0.4, -0.2) is 74.7 Å². The fourth-order valence-corrected chi connectivity index (χ4v) is 2.25. The molecule has 6 nitrogen and oxygen atoms in total. The van der Waals surface area contributed by atoms with E-state index in [1.165, 1.54) is 0 Å². The van der Waals surface area contributed by atoms with Crippen molar-refractivity contribution in [2.75, 3.05) is 40.8 Å². The molecule has 0 bridgehead atoms. The SMILES string of the molecule is CN(C)C(=O)C1CCC(CNC2=NCCN2C)O1.I. The highest BCUT2D eigenvalue weighted by Crippen LogP contribution is 2.20. The average molecular weight is 382 g/mol. The van der Waals surface area contributed by atoms with Crippen LogP contribution in [0.3, 0.4) is 0 Å². The summed E-state index contributed by atoms with van der Waals surface area (Å²) in [5, 5.41) is 3.29. The number of aliphatic imine (C=N–C) groups is 1. The van der Waals surface area contributed by atoms with Gasteiger partial charge in [-0.15, -0.1) is 24.0 Å². The summed E-state index contributed by atoms with van der Waals surface area (Å²) in [6.45, 7) is 2.54. The van der Waals surface area contributed by atoms with Crippen molar-refractivity contribution in [1.82, 2.24) is 15.1 Å². The number of guanidine groups is 1. The lowest BCUT2D eigenvalue weighted by Gasteiger charge is -2.19. The molecule has 0 aromatic rings. The van der Waals surface area contributed by atoms with Gasteiger partial charge in [0.2, 0.25) is 0 Å². The van der Waals surface area contributed by atoms with Crippen LogP contribution in [0.15, 0.2) is 4.99 Å². The number of amides is 1. The Hall–Kier alpha value is -0.570. The van der Waals surface area contributed by atoms with E-state index >= 15 is 0 Å². The Balaban J connectivity index is 0.00000180. The first-order valence-corrected chi connectivity index (χ1v) is 6.44. The molecule has 1 fully saturated rings. The number of ether oxygens (including phenoxy) is 1. The average Bonchev–Trinajstić information content (AvgIpc) is 2.94. The van der Waals surface area contributed by atoms with Gasteiger partial charge >= 0.3 is 0 Å². The summed E-state index contributed by atoms with van der Waals surface area (Å²) in [6, 6.07) is 0. The summed E-state index contributed by atoms with van der Waals surface area (Å²) >= 11 is 0. The smallest absolute Gasteiger partial charge is 0.251 e. The van der Waals surface area contributed by atoms with Crippen LogP contribution in [-0.2, 0) is 9.53 Å². The zero-order chi connectivity index (χ0) is 13.1. The zero-order valence-corrected chi connectivity index (χ0v) is 14.1.